The lowest BCUT2D eigenvalue weighted by molar-refractivity contribution is 0.547. The summed E-state index contributed by atoms with van der Waals surface area (Å²) >= 11 is 5.97. The number of aryl methyl sites for hydroxylation is 1. The average Bonchev–Trinajstić information content (AvgIpc) is 2.34. The second kappa shape index (κ2) is 7.91. The first-order chi connectivity index (χ1) is 8.96. The summed E-state index contributed by atoms with van der Waals surface area (Å²) in [5.74, 6) is 1.28. The predicted molar refractivity (Wildman–Crippen MR) is 82.7 cm³/mol. The van der Waals surface area contributed by atoms with E-state index in [-0.39, 0.29) is 17.4 Å². The second-order valence-corrected chi connectivity index (χ2v) is 7.77. The third kappa shape index (κ3) is 6.44. The molecule has 0 aliphatic carbocycles. The Labute approximate surface area is 122 Å². The molecule has 0 fully saturated rings. The van der Waals surface area contributed by atoms with Crippen molar-refractivity contribution in [2.24, 2.45) is 5.92 Å². The molecule has 0 spiro atoms. The van der Waals surface area contributed by atoms with Crippen LogP contribution in [0.4, 0.5) is 0 Å². The molecule has 0 amide bonds. The molecule has 1 unspecified atom stereocenters. The molecule has 1 rings (SSSR count). The molecule has 1 aromatic carbocycles. The van der Waals surface area contributed by atoms with E-state index in [2.05, 4.69) is 25.1 Å². The number of benzene rings is 1. The SMILES string of the molecule is CCCS(=O)(=O)CCC(CCl)Cc1cccc(C)c1. The minimum absolute atomic E-state index is 0.232. The Bertz CT molecular complexity index is 483. The van der Waals surface area contributed by atoms with Crippen LogP contribution in [0.5, 0.6) is 0 Å². The second-order valence-electron chi connectivity index (χ2n) is 5.15. The van der Waals surface area contributed by atoms with E-state index in [1.165, 1.54) is 11.1 Å². The van der Waals surface area contributed by atoms with Crippen molar-refractivity contribution < 1.29 is 8.42 Å². The van der Waals surface area contributed by atoms with Gasteiger partial charge in [0.05, 0.1) is 5.75 Å². The van der Waals surface area contributed by atoms with Gasteiger partial charge in [-0.1, -0.05) is 36.8 Å². The van der Waals surface area contributed by atoms with Crippen molar-refractivity contribution in [3.63, 3.8) is 0 Å². The molecule has 0 aliphatic heterocycles. The van der Waals surface area contributed by atoms with Gasteiger partial charge >= 0.3 is 0 Å². The van der Waals surface area contributed by atoms with E-state index >= 15 is 0 Å². The summed E-state index contributed by atoms with van der Waals surface area (Å²) in [5, 5.41) is 0. The van der Waals surface area contributed by atoms with Gasteiger partial charge < -0.3 is 0 Å². The van der Waals surface area contributed by atoms with Crippen LogP contribution in [0.3, 0.4) is 0 Å². The zero-order chi connectivity index (χ0) is 14.3. The van der Waals surface area contributed by atoms with Crippen LogP contribution in [0, 0.1) is 12.8 Å². The first kappa shape index (κ1) is 16.5. The number of alkyl halides is 1. The fraction of sp³-hybridized carbons (Fsp3) is 0.600. The number of rotatable bonds is 8. The number of hydrogen-bond acceptors (Lipinski definition) is 2. The quantitative estimate of drug-likeness (QED) is 0.688. The fourth-order valence-corrected chi connectivity index (χ4v) is 3.95. The number of sulfone groups is 1. The maximum atomic E-state index is 11.7. The fourth-order valence-electron chi connectivity index (χ4n) is 2.17. The highest BCUT2D eigenvalue weighted by Crippen LogP contribution is 2.16. The standard InChI is InChI=1S/C15H23ClO2S/c1-3-8-19(17,18)9-7-15(12-16)11-14-6-4-5-13(2)10-14/h4-6,10,15H,3,7-9,11-12H2,1-2H3. The molecular formula is C15H23ClO2S. The molecule has 0 saturated carbocycles. The Morgan fingerprint density at radius 1 is 1.26 bits per heavy atom. The van der Waals surface area contributed by atoms with E-state index in [4.69, 9.17) is 11.6 Å². The Morgan fingerprint density at radius 2 is 2.00 bits per heavy atom. The lowest BCUT2D eigenvalue weighted by Crippen LogP contribution is -2.16. The van der Waals surface area contributed by atoms with Gasteiger partial charge in [0.1, 0.15) is 9.84 Å². The molecule has 4 heteroatoms. The Hall–Kier alpha value is -0.540. The summed E-state index contributed by atoms with van der Waals surface area (Å²) in [4.78, 5) is 0. The van der Waals surface area contributed by atoms with Gasteiger partial charge in [-0.2, -0.15) is 0 Å². The molecule has 0 heterocycles. The number of hydrogen-bond donors (Lipinski definition) is 0. The topological polar surface area (TPSA) is 34.1 Å². The Morgan fingerprint density at radius 3 is 2.58 bits per heavy atom. The van der Waals surface area contributed by atoms with Crippen molar-refractivity contribution >= 4 is 21.4 Å². The van der Waals surface area contributed by atoms with Gasteiger partial charge in [0, 0.05) is 11.6 Å². The minimum atomic E-state index is -2.90. The van der Waals surface area contributed by atoms with E-state index in [1.807, 2.05) is 13.0 Å². The molecule has 108 valence electrons. The lowest BCUT2D eigenvalue weighted by atomic mass is 9.98. The van der Waals surface area contributed by atoms with Crippen LogP contribution in [-0.4, -0.2) is 25.8 Å². The van der Waals surface area contributed by atoms with Gasteiger partial charge in [0.15, 0.2) is 0 Å². The summed E-state index contributed by atoms with van der Waals surface area (Å²) in [7, 11) is -2.90. The third-order valence-corrected chi connectivity index (χ3v) is 5.50. The minimum Gasteiger partial charge on any atom is -0.229 e. The van der Waals surface area contributed by atoms with Crippen LogP contribution >= 0.6 is 11.6 Å². The van der Waals surface area contributed by atoms with Crippen molar-refractivity contribution in [1.29, 1.82) is 0 Å². The Balaban J connectivity index is 2.55. The molecular weight excluding hydrogens is 280 g/mol. The predicted octanol–water partition coefficient (Wildman–Crippen LogP) is 3.61. The Kier molecular flexibility index (Phi) is 6.87. The molecule has 2 nitrogen and oxygen atoms in total. The van der Waals surface area contributed by atoms with Crippen molar-refractivity contribution in [3.8, 4) is 0 Å². The molecule has 19 heavy (non-hydrogen) atoms. The first-order valence-corrected chi connectivity index (χ1v) is 9.14. The maximum Gasteiger partial charge on any atom is 0.150 e. The summed E-state index contributed by atoms with van der Waals surface area (Å²) in [6.07, 6.45) is 2.19. The molecule has 1 atom stereocenters. The van der Waals surface area contributed by atoms with Crippen LogP contribution in [0.2, 0.25) is 0 Å². The van der Waals surface area contributed by atoms with E-state index in [0.29, 0.717) is 18.7 Å². The van der Waals surface area contributed by atoms with Crippen LogP contribution in [0.25, 0.3) is 0 Å². The molecule has 0 N–H and O–H groups in total. The van der Waals surface area contributed by atoms with Gasteiger partial charge in [-0.3, -0.25) is 0 Å². The normalized spacial score (nSPS) is 13.4. The van der Waals surface area contributed by atoms with E-state index in [0.717, 1.165) is 6.42 Å². The molecule has 0 radical (unpaired) electrons. The zero-order valence-corrected chi connectivity index (χ0v) is 13.3. The van der Waals surface area contributed by atoms with Crippen molar-refractivity contribution in [1.82, 2.24) is 0 Å². The first-order valence-electron chi connectivity index (χ1n) is 6.78. The highest BCUT2D eigenvalue weighted by Gasteiger charge is 2.15. The van der Waals surface area contributed by atoms with Gasteiger partial charge in [-0.15, -0.1) is 11.6 Å². The zero-order valence-electron chi connectivity index (χ0n) is 11.7. The van der Waals surface area contributed by atoms with Crippen LogP contribution < -0.4 is 0 Å². The molecule has 0 bridgehead atoms. The summed E-state index contributed by atoms with van der Waals surface area (Å²) in [5.41, 5.74) is 2.46. The van der Waals surface area contributed by atoms with E-state index < -0.39 is 9.84 Å². The average molecular weight is 303 g/mol. The van der Waals surface area contributed by atoms with Gasteiger partial charge in [0.25, 0.3) is 0 Å². The van der Waals surface area contributed by atoms with E-state index in [9.17, 15) is 8.42 Å². The van der Waals surface area contributed by atoms with E-state index in [1.54, 1.807) is 0 Å². The van der Waals surface area contributed by atoms with Gasteiger partial charge in [-0.05, 0) is 37.7 Å². The highest BCUT2D eigenvalue weighted by molar-refractivity contribution is 7.91. The third-order valence-electron chi connectivity index (χ3n) is 3.18. The monoisotopic (exact) mass is 302 g/mol. The smallest absolute Gasteiger partial charge is 0.150 e. The summed E-state index contributed by atoms with van der Waals surface area (Å²) in [6.45, 7) is 3.95. The molecule has 0 saturated heterocycles. The molecule has 0 aromatic heterocycles. The van der Waals surface area contributed by atoms with Crippen molar-refractivity contribution in [2.45, 2.75) is 33.1 Å². The highest BCUT2D eigenvalue weighted by atomic mass is 35.5. The van der Waals surface area contributed by atoms with Crippen molar-refractivity contribution in [3.05, 3.63) is 35.4 Å². The van der Waals surface area contributed by atoms with Crippen molar-refractivity contribution in [2.75, 3.05) is 17.4 Å². The maximum absolute atomic E-state index is 11.7. The van der Waals surface area contributed by atoms with Crippen LogP contribution in [-0.2, 0) is 16.3 Å². The largest absolute Gasteiger partial charge is 0.229 e. The summed E-state index contributed by atoms with van der Waals surface area (Å²) < 4.78 is 23.4. The van der Waals surface area contributed by atoms with Crippen LogP contribution in [0.15, 0.2) is 24.3 Å². The molecule has 0 aliphatic rings. The van der Waals surface area contributed by atoms with Gasteiger partial charge in [-0.25, -0.2) is 8.42 Å². The number of halogens is 1. The lowest BCUT2D eigenvalue weighted by Gasteiger charge is -2.14. The molecule has 1 aromatic rings. The van der Waals surface area contributed by atoms with Crippen LogP contribution in [0.1, 0.15) is 30.9 Å². The van der Waals surface area contributed by atoms with Gasteiger partial charge in [0.2, 0.25) is 0 Å². The summed E-state index contributed by atoms with van der Waals surface area (Å²) in [6, 6.07) is 8.31.